The summed E-state index contributed by atoms with van der Waals surface area (Å²) in [7, 11) is -3.24. The Hall–Kier alpha value is -1.85. The third kappa shape index (κ3) is 3.97. The van der Waals surface area contributed by atoms with Crippen molar-refractivity contribution in [3.8, 4) is 5.69 Å². The molecule has 0 spiro atoms. The summed E-state index contributed by atoms with van der Waals surface area (Å²) in [5, 5.41) is 15.6. The van der Waals surface area contributed by atoms with Gasteiger partial charge >= 0.3 is 0 Å². The van der Waals surface area contributed by atoms with Crippen molar-refractivity contribution in [1.82, 2.24) is 30.2 Å². The number of carbonyl (C=O) groups is 1. The molecular formula is C13H18N6O3S2. The van der Waals surface area contributed by atoms with Crippen LogP contribution in [-0.4, -0.2) is 53.4 Å². The molecule has 1 aliphatic rings. The van der Waals surface area contributed by atoms with Crippen LogP contribution in [0.1, 0.15) is 28.9 Å². The van der Waals surface area contributed by atoms with E-state index in [2.05, 4.69) is 25.6 Å². The van der Waals surface area contributed by atoms with Gasteiger partial charge in [-0.3, -0.25) is 4.79 Å². The first-order valence-corrected chi connectivity index (χ1v) is 10.3. The molecule has 1 fully saturated rings. The Morgan fingerprint density at radius 3 is 3.00 bits per heavy atom. The van der Waals surface area contributed by atoms with Crippen LogP contribution in [0.5, 0.6) is 0 Å². The zero-order chi connectivity index (χ0) is 17.2. The van der Waals surface area contributed by atoms with Gasteiger partial charge in [-0.05, 0) is 40.6 Å². The van der Waals surface area contributed by atoms with Gasteiger partial charge in [0.1, 0.15) is 11.2 Å². The second kappa shape index (κ2) is 6.95. The summed E-state index contributed by atoms with van der Waals surface area (Å²) in [5.41, 5.74) is 0.625. The Balaban J connectivity index is 1.63. The van der Waals surface area contributed by atoms with Crippen molar-refractivity contribution in [3.05, 3.63) is 22.7 Å². The molecule has 1 aliphatic carbocycles. The Morgan fingerprint density at radius 2 is 2.29 bits per heavy atom. The molecular weight excluding hydrogens is 352 g/mol. The highest BCUT2D eigenvalue weighted by Gasteiger charge is 2.30. The SMILES string of the molecule is CS(=O)(=O)NC1CCCC1CNC(=O)c1sccc1-n1cnnn1. The highest BCUT2D eigenvalue weighted by Crippen LogP contribution is 2.26. The minimum absolute atomic E-state index is 0.0973. The van der Waals surface area contributed by atoms with Crippen LogP contribution in [0.3, 0.4) is 0 Å². The highest BCUT2D eigenvalue weighted by atomic mass is 32.2. The average Bonchev–Trinajstić information content (AvgIpc) is 3.24. The highest BCUT2D eigenvalue weighted by molar-refractivity contribution is 7.88. The molecule has 24 heavy (non-hydrogen) atoms. The molecule has 0 saturated heterocycles. The van der Waals surface area contributed by atoms with Crippen LogP contribution in [0.15, 0.2) is 17.8 Å². The number of rotatable bonds is 6. The summed E-state index contributed by atoms with van der Waals surface area (Å²) >= 11 is 1.31. The van der Waals surface area contributed by atoms with Crippen LogP contribution in [0, 0.1) is 5.92 Å². The van der Waals surface area contributed by atoms with Crippen molar-refractivity contribution < 1.29 is 13.2 Å². The molecule has 2 heterocycles. The van der Waals surface area contributed by atoms with Gasteiger partial charge in [0.15, 0.2) is 0 Å². The zero-order valence-corrected chi connectivity index (χ0v) is 14.7. The first-order chi connectivity index (χ1) is 11.4. The number of thiophene rings is 1. The fourth-order valence-electron chi connectivity index (χ4n) is 2.94. The number of sulfonamides is 1. The summed E-state index contributed by atoms with van der Waals surface area (Å²) in [6.45, 7) is 0.430. The molecule has 11 heteroatoms. The van der Waals surface area contributed by atoms with Crippen LogP contribution >= 0.6 is 11.3 Å². The maximum atomic E-state index is 12.4. The second-order valence-corrected chi connectivity index (χ2v) is 8.48. The van der Waals surface area contributed by atoms with E-state index in [-0.39, 0.29) is 17.9 Å². The molecule has 3 rings (SSSR count). The summed E-state index contributed by atoms with van der Waals surface area (Å²) in [6.07, 6.45) is 5.22. The van der Waals surface area contributed by atoms with E-state index >= 15 is 0 Å². The Labute approximate surface area is 143 Å². The molecule has 2 aromatic heterocycles. The monoisotopic (exact) mass is 370 g/mol. The fourth-order valence-corrected chi connectivity index (χ4v) is 4.59. The Kier molecular flexibility index (Phi) is 4.92. The van der Waals surface area contributed by atoms with E-state index in [1.807, 2.05) is 0 Å². The fraction of sp³-hybridized carbons (Fsp3) is 0.538. The Bertz CT molecular complexity index is 802. The van der Waals surface area contributed by atoms with Gasteiger partial charge in [0.05, 0.1) is 11.9 Å². The normalized spacial score (nSPS) is 21.0. The largest absolute Gasteiger partial charge is 0.351 e. The summed E-state index contributed by atoms with van der Waals surface area (Å²) in [4.78, 5) is 13.0. The molecule has 1 amide bonds. The molecule has 0 radical (unpaired) electrons. The molecule has 9 nitrogen and oxygen atoms in total. The van der Waals surface area contributed by atoms with Gasteiger partial charge in [0.2, 0.25) is 10.0 Å². The van der Waals surface area contributed by atoms with E-state index < -0.39 is 10.0 Å². The molecule has 0 aliphatic heterocycles. The average molecular weight is 370 g/mol. The number of tetrazole rings is 1. The van der Waals surface area contributed by atoms with E-state index in [9.17, 15) is 13.2 Å². The number of hydrogen-bond donors (Lipinski definition) is 2. The van der Waals surface area contributed by atoms with Gasteiger partial charge in [-0.25, -0.2) is 13.1 Å². The van der Waals surface area contributed by atoms with Crippen molar-refractivity contribution in [2.45, 2.75) is 25.3 Å². The predicted octanol–water partition coefficient (Wildman–Crippen LogP) is 0.171. The lowest BCUT2D eigenvalue weighted by Gasteiger charge is -2.20. The predicted molar refractivity (Wildman–Crippen MR) is 88.5 cm³/mol. The molecule has 0 bridgehead atoms. The Morgan fingerprint density at radius 1 is 1.46 bits per heavy atom. The van der Waals surface area contributed by atoms with E-state index in [1.165, 1.54) is 22.3 Å². The first kappa shape index (κ1) is 17.0. The van der Waals surface area contributed by atoms with E-state index in [0.29, 0.717) is 17.1 Å². The van der Waals surface area contributed by atoms with Crippen molar-refractivity contribution in [1.29, 1.82) is 0 Å². The minimum Gasteiger partial charge on any atom is -0.351 e. The molecule has 130 valence electrons. The van der Waals surface area contributed by atoms with Crippen molar-refractivity contribution in [2.75, 3.05) is 12.8 Å². The topological polar surface area (TPSA) is 119 Å². The van der Waals surface area contributed by atoms with Crippen LogP contribution < -0.4 is 10.0 Å². The maximum Gasteiger partial charge on any atom is 0.263 e. The standard InChI is InChI=1S/C13H18N6O3S2/c1-24(21,22)16-10-4-2-3-9(10)7-14-13(20)12-11(5-6-23-12)19-8-15-17-18-19/h5-6,8-10,16H,2-4,7H2,1H3,(H,14,20). The van der Waals surface area contributed by atoms with E-state index in [4.69, 9.17) is 0 Å². The lowest BCUT2D eigenvalue weighted by Crippen LogP contribution is -2.41. The van der Waals surface area contributed by atoms with Crippen LogP contribution in [-0.2, 0) is 10.0 Å². The molecule has 1 saturated carbocycles. The maximum absolute atomic E-state index is 12.4. The van der Waals surface area contributed by atoms with Gasteiger partial charge < -0.3 is 5.32 Å². The van der Waals surface area contributed by atoms with Gasteiger partial charge in [0.25, 0.3) is 5.91 Å². The molecule has 2 N–H and O–H groups in total. The quantitative estimate of drug-likeness (QED) is 0.748. The lowest BCUT2D eigenvalue weighted by molar-refractivity contribution is 0.0950. The van der Waals surface area contributed by atoms with Gasteiger partial charge in [0, 0.05) is 12.6 Å². The number of amides is 1. The number of nitrogens with one attached hydrogen (secondary N) is 2. The molecule has 2 aromatic rings. The minimum atomic E-state index is -3.24. The molecule has 2 unspecified atom stereocenters. The third-order valence-electron chi connectivity index (χ3n) is 4.00. The van der Waals surface area contributed by atoms with Crippen LogP contribution in [0.2, 0.25) is 0 Å². The number of aromatic nitrogens is 4. The van der Waals surface area contributed by atoms with Gasteiger partial charge in [-0.1, -0.05) is 6.42 Å². The smallest absolute Gasteiger partial charge is 0.263 e. The van der Waals surface area contributed by atoms with E-state index in [0.717, 1.165) is 25.5 Å². The first-order valence-electron chi connectivity index (χ1n) is 7.50. The van der Waals surface area contributed by atoms with Crippen LogP contribution in [0.25, 0.3) is 5.69 Å². The van der Waals surface area contributed by atoms with E-state index in [1.54, 1.807) is 11.4 Å². The summed E-state index contributed by atoms with van der Waals surface area (Å²) in [6, 6.07) is 1.65. The molecule has 0 aromatic carbocycles. The number of carbonyl (C=O) groups excluding carboxylic acids is 1. The van der Waals surface area contributed by atoms with Crippen molar-refractivity contribution >= 4 is 27.3 Å². The summed E-state index contributed by atoms with van der Waals surface area (Å²) in [5.74, 6) is -0.111. The summed E-state index contributed by atoms with van der Waals surface area (Å²) < 4.78 is 26.9. The molecule has 2 atom stereocenters. The van der Waals surface area contributed by atoms with Crippen LogP contribution in [0.4, 0.5) is 0 Å². The third-order valence-corrected chi connectivity index (χ3v) is 5.63. The van der Waals surface area contributed by atoms with Gasteiger partial charge in [-0.2, -0.15) is 4.68 Å². The lowest BCUT2D eigenvalue weighted by atomic mass is 10.0. The second-order valence-electron chi connectivity index (χ2n) is 5.79. The number of hydrogen-bond acceptors (Lipinski definition) is 7. The number of nitrogens with zero attached hydrogens (tertiary/aromatic N) is 4. The van der Waals surface area contributed by atoms with Crippen molar-refractivity contribution in [2.24, 2.45) is 5.92 Å². The zero-order valence-electron chi connectivity index (χ0n) is 13.0. The van der Waals surface area contributed by atoms with Gasteiger partial charge in [-0.15, -0.1) is 16.4 Å². The van der Waals surface area contributed by atoms with Crippen molar-refractivity contribution in [3.63, 3.8) is 0 Å².